The average Bonchev–Trinajstić information content (AvgIpc) is 2.26. The second kappa shape index (κ2) is 6.55. The molecule has 0 aliphatic carbocycles. The molecule has 0 bridgehead atoms. The van der Waals surface area contributed by atoms with E-state index >= 15 is 0 Å². The minimum absolute atomic E-state index is 0.266. The number of amides is 1. The van der Waals surface area contributed by atoms with Gasteiger partial charge in [0, 0.05) is 26.1 Å². The van der Waals surface area contributed by atoms with Crippen LogP contribution >= 0.6 is 0 Å². The third kappa shape index (κ3) is 5.38. The first kappa shape index (κ1) is 15.5. The molecular formula is C15H29NO2. The fourth-order valence-corrected chi connectivity index (χ4v) is 2.91. The largest absolute Gasteiger partial charge is 0.396 e. The number of piperidine rings is 1. The molecule has 1 amide bonds. The summed E-state index contributed by atoms with van der Waals surface area (Å²) in [5.74, 6) is 1.15. The number of carbonyl (C=O) groups is 1. The van der Waals surface area contributed by atoms with Crippen molar-refractivity contribution in [3.05, 3.63) is 0 Å². The number of nitrogens with zero attached hydrogens (tertiary/aromatic N) is 1. The van der Waals surface area contributed by atoms with Crippen molar-refractivity contribution in [3.63, 3.8) is 0 Å². The van der Waals surface area contributed by atoms with Crippen LogP contribution in [0.1, 0.15) is 53.4 Å². The van der Waals surface area contributed by atoms with E-state index < -0.39 is 0 Å². The van der Waals surface area contributed by atoms with E-state index in [0.29, 0.717) is 29.6 Å². The SMILES string of the molecule is CC(CC(=O)N1CCC(CO)CC1)CC(C)(C)C. The van der Waals surface area contributed by atoms with Crippen LogP contribution in [0, 0.1) is 17.3 Å². The molecule has 1 fully saturated rings. The smallest absolute Gasteiger partial charge is 0.222 e. The highest BCUT2D eigenvalue weighted by molar-refractivity contribution is 5.76. The van der Waals surface area contributed by atoms with Crippen molar-refractivity contribution in [3.8, 4) is 0 Å². The van der Waals surface area contributed by atoms with Gasteiger partial charge in [0.25, 0.3) is 0 Å². The molecule has 1 rings (SSSR count). The summed E-state index contributed by atoms with van der Waals surface area (Å²) in [6.07, 6.45) is 3.67. The van der Waals surface area contributed by atoms with Gasteiger partial charge in [0.05, 0.1) is 0 Å². The van der Waals surface area contributed by atoms with Gasteiger partial charge in [-0.05, 0) is 36.5 Å². The van der Waals surface area contributed by atoms with Crippen molar-refractivity contribution in [2.24, 2.45) is 17.3 Å². The molecule has 1 atom stereocenters. The molecule has 0 aromatic carbocycles. The first-order chi connectivity index (χ1) is 8.31. The number of hydrogen-bond donors (Lipinski definition) is 1. The molecule has 0 aromatic heterocycles. The summed E-state index contributed by atoms with van der Waals surface area (Å²) in [4.78, 5) is 14.1. The van der Waals surface area contributed by atoms with Gasteiger partial charge in [0.1, 0.15) is 0 Å². The lowest BCUT2D eigenvalue weighted by Crippen LogP contribution is -2.39. The molecule has 3 heteroatoms. The maximum Gasteiger partial charge on any atom is 0.222 e. The number of carbonyl (C=O) groups excluding carboxylic acids is 1. The zero-order chi connectivity index (χ0) is 13.8. The lowest BCUT2D eigenvalue weighted by Gasteiger charge is -2.32. The normalized spacial score (nSPS) is 19.9. The molecule has 1 N–H and O–H groups in total. The Bertz CT molecular complexity index is 262. The van der Waals surface area contributed by atoms with Crippen LogP contribution in [0.3, 0.4) is 0 Å². The lowest BCUT2D eigenvalue weighted by molar-refractivity contribution is -0.133. The Morgan fingerprint density at radius 2 is 1.89 bits per heavy atom. The van der Waals surface area contributed by atoms with Crippen LogP contribution in [0.25, 0.3) is 0 Å². The highest BCUT2D eigenvalue weighted by Gasteiger charge is 2.24. The number of likely N-dealkylation sites (tertiary alicyclic amines) is 1. The fraction of sp³-hybridized carbons (Fsp3) is 0.933. The summed E-state index contributed by atoms with van der Waals surface area (Å²) in [6, 6.07) is 0. The predicted molar refractivity (Wildman–Crippen MR) is 74.2 cm³/mol. The quantitative estimate of drug-likeness (QED) is 0.839. The minimum atomic E-state index is 0.266. The third-order valence-electron chi connectivity index (χ3n) is 3.71. The van der Waals surface area contributed by atoms with Crippen LogP contribution in [-0.4, -0.2) is 35.6 Å². The number of aliphatic hydroxyl groups excluding tert-OH is 1. The van der Waals surface area contributed by atoms with E-state index in [1.807, 2.05) is 4.90 Å². The zero-order valence-electron chi connectivity index (χ0n) is 12.4. The highest BCUT2D eigenvalue weighted by atomic mass is 16.3. The standard InChI is InChI=1S/C15H29NO2/c1-12(10-15(2,3)4)9-14(18)16-7-5-13(11-17)6-8-16/h12-13,17H,5-11H2,1-4H3. The maximum absolute atomic E-state index is 12.2. The number of rotatable bonds is 4. The summed E-state index contributed by atoms with van der Waals surface area (Å²) in [5.41, 5.74) is 0.295. The maximum atomic E-state index is 12.2. The molecule has 0 aromatic rings. The van der Waals surface area contributed by atoms with Crippen molar-refractivity contribution in [2.75, 3.05) is 19.7 Å². The molecule has 106 valence electrons. The van der Waals surface area contributed by atoms with Gasteiger partial charge in [0.15, 0.2) is 0 Å². The molecule has 1 heterocycles. The highest BCUT2D eigenvalue weighted by Crippen LogP contribution is 2.27. The molecule has 0 saturated carbocycles. The van der Waals surface area contributed by atoms with Crippen LogP contribution in [0.15, 0.2) is 0 Å². The molecule has 0 radical (unpaired) electrons. The molecule has 1 aliphatic heterocycles. The van der Waals surface area contributed by atoms with Crippen molar-refractivity contribution in [2.45, 2.75) is 53.4 Å². The van der Waals surface area contributed by atoms with Crippen molar-refractivity contribution >= 4 is 5.91 Å². The monoisotopic (exact) mass is 255 g/mol. The summed E-state index contributed by atoms with van der Waals surface area (Å²) in [7, 11) is 0. The first-order valence-corrected chi connectivity index (χ1v) is 7.20. The van der Waals surface area contributed by atoms with Crippen LogP contribution < -0.4 is 0 Å². The van der Waals surface area contributed by atoms with Gasteiger partial charge < -0.3 is 10.0 Å². The van der Waals surface area contributed by atoms with Gasteiger partial charge in [-0.2, -0.15) is 0 Å². The second-order valence-corrected chi connectivity index (χ2v) is 7.08. The van der Waals surface area contributed by atoms with Crippen LogP contribution in [0.2, 0.25) is 0 Å². The van der Waals surface area contributed by atoms with Gasteiger partial charge >= 0.3 is 0 Å². The van der Waals surface area contributed by atoms with Gasteiger partial charge in [-0.1, -0.05) is 27.7 Å². The van der Waals surface area contributed by atoms with Gasteiger partial charge in [-0.25, -0.2) is 0 Å². The Balaban J connectivity index is 2.33. The summed E-state index contributed by atoms with van der Waals surface area (Å²) in [5, 5.41) is 9.09. The minimum Gasteiger partial charge on any atom is -0.396 e. The Labute approximate surface area is 112 Å². The van der Waals surface area contributed by atoms with Crippen molar-refractivity contribution in [1.82, 2.24) is 4.90 Å². The molecule has 1 unspecified atom stereocenters. The van der Waals surface area contributed by atoms with E-state index in [1.165, 1.54) is 0 Å². The van der Waals surface area contributed by atoms with E-state index in [2.05, 4.69) is 27.7 Å². The molecule has 0 spiro atoms. The first-order valence-electron chi connectivity index (χ1n) is 7.20. The van der Waals surface area contributed by atoms with E-state index in [9.17, 15) is 4.79 Å². The topological polar surface area (TPSA) is 40.5 Å². The van der Waals surface area contributed by atoms with Crippen LogP contribution in [-0.2, 0) is 4.79 Å². The summed E-state index contributed by atoms with van der Waals surface area (Å²) in [6.45, 7) is 10.8. The second-order valence-electron chi connectivity index (χ2n) is 7.08. The van der Waals surface area contributed by atoms with Crippen LogP contribution in [0.4, 0.5) is 0 Å². The number of aliphatic hydroxyl groups is 1. The predicted octanol–water partition coefficient (Wildman–Crippen LogP) is 2.68. The Morgan fingerprint density at radius 3 is 2.33 bits per heavy atom. The van der Waals surface area contributed by atoms with E-state index in [-0.39, 0.29) is 6.61 Å². The van der Waals surface area contributed by atoms with E-state index in [0.717, 1.165) is 32.4 Å². The number of hydrogen-bond acceptors (Lipinski definition) is 2. The summed E-state index contributed by atoms with van der Waals surface area (Å²) < 4.78 is 0. The molecular weight excluding hydrogens is 226 g/mol. The Kier molecular flexibility index (Phi) is 5.64. The third-order valence-corrected chi connectivity index (χ3v) is 3.71. The van der Waals surface area contributed by atoms with Gasteiger partial charge in [0.2, 0.25) is 5.91 Å². The zero-order valence-corrected chi connectivity index (χ0v) is 12.4. The van der Waals surface area contributed by atoms with Gasteiger partial charge in [-0.15, -0.1) is 0 Å². The van der Waals surface area contributed by atoms with Crippen molar-refractivity contribution in [1.29, 1.82) is 0 Å². The van der Waals surface area contributed by atoms with E-state index in [1.54, 1.807) is 0 Å². The molecule has 1 aliphatic rings. The van der Waals surface area contributed by atoms with Gasteiger partial charge in [-0.3, -0.25) is 4.79 Å². The summed E-state index contributed by atoms with van der Waals surface area (Å²) >= 11 is 0. The molecule has 1 saturated heterocycles. The Morgan fingerprint density at radius 1 is 1.33 bits per heavy atom. The average molecular weight is 255 g/mol. The lowest BCUT2D eigenvalue weighted by atomic mass is 9.84. The van der Waals surface area contributed by atoms with Crippen LogP contribution in [0.5, 0.6) is 0 Å². The van der Waals surface area contributed by atoms with Crippen molar-refractivity contribution < 1.29 is 9.90 Å². The fourth-order valence-electron chi connectivity index (χ4n) is 2.91. The molecule has 3 nitrogen and oxygen atoms in total. The Hall–Kier alpha value is -0.570. The van der Waals surface area contributed by atoms with E-state index in [4.69, 9.17) is 5.11 Å². The molecule has 18 heavy (non-hydrogen) atoms.